The highest BCUT2D eigenvalue weighted by Crippen LogP contribution is 2.01. The first-order valence-corrected chi connectivity index (χ1v) is 3.18. The molecule has 0 atom stereocenters. The van der Waals surface area contributed by atoms with Gasteiger partial charge in [0.25, 0.3) is 0 Å². The molecular weight excluding hydrogens is 140 g/mol. The van der Waals surface area contributed by atoms with Crippen LogP contribution < -0.4 is 4.74 Å². The zero-order valence-electron chi connectivity index (χ0n) is 6.24. The first kappa shape index (κ1) is 7.55. The number of terminal acetylenes is 1. The largest absolute Gasteiger partial charge is 0.463 e. The van der Waals surface area contributed by atoms with Gasteiger partial charge in [0.2, 0.25) is 5.88 Å². The second-order valence-electron chi connectivity index (χ2n) is 1.99. The molecule has 0 aromatic carbocycles. The third kappa shape index (κ3) is 2.26. The highest BCUT2D eigenvalue weighted by Gasteiger charge is 1.91. The predicted octanol–water partition coefficient (Wildman–Crippen LogP) is 0.797. The summed E-state index contributed by atoms with van der Waals surface area (Å²) in [6, 6.07) is 0. The van der Waals surface area contributed by atoms with Crippen LogP contribution in [0.25, 0.3) is 0 Å². The summed E-state index contributed by atoms with van der Waals surface area (Å²) in [5.41, 5.74) is 0.859. The Kier molecular flexibility index (Phi) is 2.45. The molecular formula is C8H8N2O. The summed E-state index contributed by atoms with van der Waals surface area (Å²) in [6.07, 6.45) is 8.16. The summed E-state index contributed by atoms with van der Waals surface area (Å²) in [7, 11) is 0. The van der Waals surface area contributed by atoms with Crippen LogP contribution in [0.3, 0.4) is 0 Å². The van der Waals surface area contributed by atoms with E-state index >= 15 is 0 Å². The maximum atomic E-state index is 5.00. The molecule has 0 fully saturated rings. The number of aromatic nitrogens is 2. The van der Waals surface area contributed by atoms with Gasteiger partial charge in [-0.3, -0.25) is 4.98 Å². The lowest BCUT2D eigenvalue weighted by atomic mass is 10.5. The van der Waals surface area contributed by atoms with Crippen LogP contribution in [0.1, 0.15) is 5.69 Å². The van der Waals surface area contributed by atoms with Crippen molar-refractivity contribution in [3.05, 3.63) is 18.1 Å². The fourth-order valence-electron chi connectivity index (χ4n) is 0.571. The van der Waals surface area contributed by atoms with Crippen molar-refractivity contribution < 1.29 is 4.74 Å². The van der Waals surface area contributed by atoms with E-state index in [-0.39, 0.29) is 6.61 Å². The topological polar surface area (TPSA) is 35.0 Å². The van der Waals surface area contributed by atoms with Gasteiger partial charge in [-0.25, -0.2) is 4.98 Å². The predicted molar refractivity (Wildman–Crippen MR) is 41.1 cm³/mol. The smallest absolute Gasteiger partial charge is 0.233 e. The van der Waals surface area contributed by atoms with Gasteiger partial charge < -0.3 is 4.74 Å². The van der Waals surface area contributed by atoms with Gasteiger partial charge in [0.15, 0.2) is 6.61 Å². The average Bonchev–Trinajstić information content (AvgIpc) is 2.04. The van der Waals surface area contributed by atoms with Gasteiger partial charge in [-0.1, -0.05) is 5.92 Å². The number of hydrogen-bond acceptors (Lipinski definition) is 3. The summed E-state index contributed by atoms with van der Waals surface area (Å²) in [5.74, 6) is 2.81. The molecule has 0 saturated carbocycles. The van der Waals surface area contributed by atoms with Gasteiger partial charge in [0, 0.05) is 0 Å². The molecule has 56 valence electrons. The molecule has 0 aliphatic rings. The van der Waals surface area contributed by atoms with Crippen molar-refractivity contribution in [3.8, 4) is 18.2 Å². The second kappa shape index (κ2) is 3.57. The van der Waals surface area contributed by atoms with Gasteiger partial charge in [-0.2, -0.15) is 0 Å². The van der Waals surface area contributed by atoms with Crippen LogP contribution in [-0.4, -0.2) is 16.6 Å². The van der Waals surface area contributed by atoms with E-state index in [0.29, 0.717) is 5.88 Å². The minimum absolute atomic E-state index is 0.234. The molecule has 1 aromatic rings. The van der Waals surface area contributed by atoms with Crippen molar-refractivity contribution >= 4 is 0 Å². The highest BCUT2D eigenvalue weighted by molar-refractivity contribution is 5.06. The third-order valence-electron chi connectivity index (χ3n) is 1.06. The first-order valence-electron chi connectivity index (χ1n) is 3.18. The molecule has 0 bridgehead atoms. The van der Waals surface area contributed by atoms with Gasteiger partial charge in [-0.15, -0.1) is 6.42 Å². The summed E-state index contributed by atoms with van der Waals surface area (Å²) >= 11 is 0. The summed E-state index contributed by atoms with van der Waals surface area (Å²) in [4.78, 5) is 7.91. The minimum atomic E-state index is 0.234. The molecule has 0 amide bonds. The van der Waals surface area contributed by atoms with E-state index in [9.17, 15) is 0 Å². The SMILES string of the molecule is C#CCOc1cnc(C)cn1. The average molecular weight is 148 g/mol. The molecule has 0 unspecified atom stereocenters. The Labute approximate surface area is 65.4 Å². The summed E-state index contributed by atoms with van der Waals surface area (Å²) in [6.45, 7) is 2.09. The molecule has 0 saturated heterocycles. The molecule has 3 nitrogen and oxygen atoms in total. The molecule has 0 N–H and O–H groups in total. The zero-order chi connectivity index (χ0) is 8.10. The van der Waals surface area contributed by atoms with E-state index in [4.69, 9.17) is 11.2 Å². The molecule has 0 aliphatic heterocycles. The van der Waals surface area contributed by atoms with E-state index < -0.39 is 0 Å². The Morgan fingerprint density at radius 1 is 1.55 bits per heavy atom. The van der Waals surface area contributed by atoms with Crippen LogP contribution >= 0.6 is 0 Å². The standard InChI is InChI=1S/C8H8N2O/c1-3-4-11-8-6-9-7(2)5-10-8/h1,5-6H,4H2,2H3. The van der Waals surface area contributed by atoms with Crippen LogP contribution in [0.2, 0.25) is 0 Å². The van der Waals surface area contributed by atoms with Gasteiger partial charge in [-0.05, 0) is 6.92 Å². The van der Waals surface area contributed by atoms with E-state index in [2.05, 4.69) is 15.9 Å². The highest BCUT2D eigenvalue weighted by atomic mass is 16.5. The van der Waals surface area contributed by atoms with E-state index in [1.165, 1.54) is 0 Å². The van der Waals surface area contributed by atoms with E-state index in [1.54, 1.807) is 12.4 Å². The molecule has 1 rings (SSSR count). The molecule has 3 heteroatoms. The fourth-order valence-corrected chi connectivity index (χ4v) is 0.571. The summed E-state index contributed by atoms with van der Waals surface area (Å²) < 4.78 is 5.00. The van der Waals surface area contributed by atoms with Crippen molar-refractivity contribution in [2.24, 2.45) is 0 Å². The van der Waals surface area contributed by atoms with Crippen LogP contribution in [-0.2, 0) is 0 Å². The van der Waals surface area contributed by atoms with Crippen molar-refractivity contribution in [1.82, 2.24) is 9.97 Å². The van der Waals surface area contributed by atoms with Crippen molar-refractivity contribution in [2.45, 2.75) is 6.92 Å². The molecule has 0 spiro atoms. The van der Waals surface area contributed by atoms with E-state index in [1.807, 2.05) is 6.92 Å². The van der Waals surface area contributed by atoms with Crippen LogP contribution in [0.4, 0.5) is 0 Å². The van der Waals surface area contributed by atoms with E-state index in [0.717, 1.165) is 5.69 Å². The quantitative estimate of drug-likeness (QED) is 0.582. The Morgan fingerprint density at radius 2 is 2.36 bits per heavy atom. The van der Waals surface area contributed by atoms with Crippen molar-refractivity contribution in [3.63, 3.8) is 0 Å². The third-order valence-corrected chi connectivity index (χ3v) is 1.06. The Balaban J connectivity index is 2.60. The Morgan fingerprint density at radius 3 is 2.91 bits per heavy atom. The number of nitrogens with zero attached hydrogens (tertiary/aromatic N) is 2. The molecule has 11 heavy (non-hydrogen) atoms. The number of ether oxygens (including phenoxy) is 1. The van der Waals surface area contributed by atoms with Gasteiger partial charge in [0.1, 0.15) is 0 Å². The lowest BCUT2D eigenvalue weighted by molar-refractivity contribution is 0.353. The van der Waals surface area contributed by atoms with Crippen LogP contribution in [0, 0.1) is 19.3 Å². The summed E-state index contributed by atoms with van der Waals surface area (Å²) in [5, 5.41) is 0. The molecule has 1 heterocycles. The van der Waals surface area contributed by atoms with Gasteiger partial charge in [0.05, 0.1) is 18.1 Å². The van der Waals surface area contributed by atoms with Crippen molar-refractivity contribution in [1.29, 1.82) is 0 Å². The maximum Gasteiger partial charge on any atom is 0.233 e. The Hall–Kier alpha value is -1.56. The number of hydrogen-bond donors (Lipinski definition) is 0. The monoisotopic (exact) mass is 148 g/mol. The number of rotatable bonds is 2. The lowest BCUT2D eigenvalue weighted by Gasteiger charge is -1.98. The van der Waals surface area contributed by atoms with Crippen LogP contribution in [0.5, 0.6) is 5.88 Å². The Bertz CT molecular complexity index is 260. The zero-order valence-corrected chi connectivity index (χ0v) is 6.24. The van der Waals surface area contributed by atoms with Crippen molar-refractivity contribution in [2.75, 3.05) is 6.61 Å². The first-order chi connectivity index (χ1) is 5.33. The molecule has 0 radical (unpaired) electrons. The lowest BCUT2D eigenvalue weighted by Crippen LogP contribution is -1.96. The fraction of sp³-hybridized carbons (Fsp3) is 0.250. The minimum Gasteiger partial charge on any atom is -0.463 e. The number of aryl methyl sites for hydroxylation is 1. The maximum absolute atomic E-state index is 5.00. The molecule has 0 aliphatic carbocycles. The normalized spacial score (nSPS) is 8.73. The second-order valence-corrected chi connectivity index (χ2v) is 1.99. The molecule has 1 aromatic heterocycles. The van der Waals surface area contributed by atoms with Gasteiger partial charge >= 0.3 is 0 Å². The van der Waals surface area contributed by atoms with Crippen LogP contribution in [0.15, 0.2) is 12.4 Å².